The van der Waals surface area contributed by atoms with E-state index in [2.05, 4.69) is 4.74 Å². The zero-order valence-electron chi connectivity index (χ0n) is 6.32. The maximum Gasteiger partial charge on any atom is 0.351 e. The molecule has 1 rings (SSSR count). The minimum atomic E-state index is -2.13. The normalized spacial score (nSPS) is 27.3. The number of carboxylic acids is 1. The molecular weight excluding hydrogens is 184 g/mol. The molecule has 4 atom stereocenters. The number of aliphatic hydroxyl groups excluding tert-OH is 3. The van der Waals surface area contributed by atoms with E-state index in [4.69, 9.17) is 20.4 Å². The molecule has 0 aliphatic carbocycles. The average Bonchev–Trinajstić information content (AvgIpc) is 2.78. The second kappa shape index (κ2) is 3.29. The van der Waals surface area contributed by atoms with Crippen molar-refractivity contribution in [3.8, 4) is 0 Å². The molecule has 4 N–H and O–H groups in total. The van der Waals surface area contributed by atoms with Crippen molar-refractivity contribution in [1.29, 1.82) is 0 Å². The fourth-order valence-electron chi connectivity index (χ4n) is 0.812. The lowest BCUT2D eigenvalue weighted by molar-refractivity contribution is -0.158. The van der Waals surface area contributed by atoms with Gasteiger partial charge in [0.2, 0.25) is 6.10 Å². The van der Waals surface area contributed by atoms with E-state index >= 15 is 0 Å². The monoisotopic (exact) mass is 192 g/mol. The molecule has 0 saturated carbocycles. The topological polar surface area (TPSA) is 128 Å². The lowest BCUT2D eigenvalue weighted by atomic mass is 10.1. The summed E-state index contributed by atoms with van der Waals surface area (Å²) in [6.45, 7) is 0. The molecule has 1 fully saturated rings. The second-order valence-electron chi connectivity index (χ2n) is 2.62. The molecule has 1 heterocycles. The van der Waals surface area contributed by atoms with Crippen LogP contribution in [-0.4, -0.2) is 56.8 Å². The van der Waals surface area contributed by atoms with Gasteiger partial charge in [0.05, 0.1) is 0 Å². The van der Waals surface area contributed by atoms with E-state index in [9.17, 15) is 9.59 Å². The van der Waals surface area contributed by atoms with Crippen molar-refractivity contribution in [3.63, 3.8) is 0 Å². The molecule has 0 amide bonds. The third-order valence-corrected chi connectivity index (χ3v) is 1.65. The Kier molecular flexibility index (Phi) is 2.50. The molecule has 0 aromatic heterocycles. The first-order valence-electron chi connectivity index (χ1n) is 3.42. The molecule has 7 heteroatoms. The van der Waals surface area contributed by atoms with Crippen LogP contribution in [0.15, 0.2) is 0 Å². The zero-order chi connectivity index (χ0) is 10.2. The molecule has 13 heavy (non-hydrogen) atoms. The molecule has 0 aromatic rings. The minimum Gasteiger partial charge on any atom is -0.479 e. The summed E-state index contributed by atoms with van der Waals surface area (Å²) in [5, 5.41) is 35.0. The van der Waals surface area contributed by atoms with Gasteiger partial charge in [0.1, 0.15) is 12.2 Å². The standard InChI is InChI=1S/C6H8O7/c7-1(3(9)5(10)11)2(8)4-6(12)13-4/h1-4,7-9H,(H,10,11)/t1-,2+,3+,4-/m1/s1. The number of carbonyl (C=O) groups is 2. The Hall–Kier alpha value is -1.18. The Morgan fingerprint density at radius 3 is 2.15 bits per heavy atom. The first kappa shape index (κ1) is 9.90. The van der Waals surface area contributed by atoms with Crippen molar-refractivity contribution in [3.05, 3.63) is 0 Å². The Bertz CT molecular complexity index is 237. The molecule has 0 spiro atoms. The summed E-state index contributed by atoms with van der Waals surface area (Å²) in [6.07, 6.45) is -7.00. The lowest BCUT2D eigenvalue weighted by Crippen LogP contribution is -2.44. The van der Waals surface area contributed by atoms with Gasteiger partial charge < -0.3 is 25.2 Å². The number of cyclic esters (lactones) is 1. The van der Waals surface area contributed by atoms with Crippen LogP contribution in [0.25, 0.3) is 0 Å². The van der Waals surface area contributed by atoms with Gasteiger partial charge in [-0.25, -0.2) is 9.59 Å². The first-order valence-corrected chi connectivity index (χ1v) is 3.42. The van der Waals surface area contributed by atoms with Gasteiger partial charge in [-0.2, -0.15) is 0 Å². The maximum atomic E-state index is 10.3. The molecule has 0 unspecified atom stereocenters. The molecule has 74 valence electrons. The van der Waals surface area contributed by atoms with Crippen LogP contribution >= 0.6 is 0 Å². The van der Waals surface area contributed by atoms with E-state index in [-0.39, 0.29) is 0 Å². The highest BCUT2D eigenvalue weighted by Crippen LogP contribution is 2.20. The number of ether oxygens (including phenoxy) is 1. The number of aliphatic carboxylic acids is 1. The minimum absolute atomic E-state index is 0.732. The number of carbonyl (C=O) groups excluding carboxylic acids is 1. The predicted molar refractivity (Wildman–Crippen MR) is 35.5 cm³/mol. The van der Waals surface area contributed by atoms with Crippen molar-refractivity contribution < 1.29 is 34.8 Å². The van der Waals surface area contributed by atoms with Crippen molar-refractivity contribution in [2.75, 3.05) is 0 Å². The molecule has 0 aromatic carbocycles. The molecule has 0 radical (unpaired) electrons. The van der Waals surface area contributed by atoms with E-state index in [1.165, 1.54) is 0 Å². The summed E-state index contributed by atoms with van der Waals surface area (Å²) in [5.74, 6) is -2.41. The van der Waals surface area contributed by atoms with Crippen molar-refractivity contribution in [2.24, 2.45) is 0 Å². The summed E-state index contributed by atoms with van der Waals surface area (Å²) >= 11 is 0. The van der Waals surface area contributed by atoms with Crippen LogP contribution in [0.1, 0.15) is 0 Å². The van der Waals surface area contributed by atoms with Gasteiger partial charge in [0.15, 0.2) is 6.10 Å². The van der Waals surface area contributed by atoms with E-state index in [0.29, 0.717) is 0 Å². The van der Waals surface area contributed by atoms with Crippen molar-refractivity contribution in [1.82, 2.24) is 0 Å². The quantitative estimate of drug-likeness (QED) is 0.351. The number of hydrogen-bond donors (Lipinski definition) is 4. The SMILES string of the molecule is O=C(O)[C@@H](O)[C@H](O)[C@H](O)[C@H]1OC1=O. The van der Waals surface area contributed by atoms with E-state index in [1.54, 1.807) is 0 Å². The first-order chi connectivity index (χ1) is 5.95. The van der Waals surface area contributed by atoms with Crippen LogP contribution in [0.5, 0.6) is 0 Å². The van der Waals surface area contributed by atoms with Gasteiger partial charge in [-0.15, -0.1) is 0 Å². The lowest BCUT2D eigenvalue weighted by Gasteiger charge is -2.16. The summed E-state index contributed by atoms with van der Waals surface area (Å²) < 4.78 is 4.18. The van der Waals surface area contributed by atoms with Crippen LogP contribution in [0.2, 0.25) is 0 Å². The number of aliphatic hydroxyl groups is 3. The Labute approximate surface area is 72.2 Å². The highest BCUT2D eigenvalue weighted by molar-refractivity contribution is 5.88. The summed E-state index contributed by atoms with van der Waals surface area (Å²) in [6, 6.07) is 0. The smallest absolute Gasteiger partial charge is 0.351 e. The predicted octanol–water partition coefficient (Wildman–Crippen LogP) is -2.92. The summed E-state index contributed by atoms with van der Waals surface area (Å²) in [5.41, 5.74) is 0. The Balaban J connectivity index is 2.51. The molecule has 7 nitrogen and oxygen atoms in total. The largest absolute Gasteiger partial charge is 0.479 e. The van der Waals surface area contributed by atoms with E-state index in [1.807, 2.05) is 0 Å². The third-order valence-electron chi connectivity index (χ3n) is 1.65. The number of epoxide rings is 1. The van der Waals surface area contributed by atoms with Gasteiger partial charge >= 0.3 is 11.9 Å². The van der Waals surface area contributed by atoms with Crippen LogP contribution < -0.4 is 0 Å². The fraction of sp³-hybridized carbons (Fsp3) is 0.667. The molecule has 1 saturated heterocycles. The summed E-state index contributed by atoms with van der Waals surface area (Å²) in [7, 11) is 0. The van der Waals surface area contributed by atoms with Gasteiger partial charge in [0, 0.05) is 0 Å². The third kappa shape index (κ3) is 1.94. The van der Waals surface area contributed by atoms with E-state index < -0.39 is 36.4 Å². The average molecular weight is 192 g/mol. The fourth-order valence-corrected chi connectivity index (χ4v) is 0.812. The van der Waals surface area contributed by atoms with Crippen LogP contribution in [0.3, 0.4) is 0 Å². The van der Waals surface area contributed by atoms with Crippen LogP contribution in [0.4, 0.5) is 0 Å². The Morgan fingerprint density at radius 1 is 1.38 bits per heavy atom. The van der Waals surface area contributed by atoms with Gasteiger partial charge in [-0.05, 0) is 0 Å². The van der Waals surface area contributed by atoms with Crippen LogP contribution in [0, 0.1) is 0 Å². The van der Waals surface area contributed by atoms with Crippen molar-refractivity contribution in [2.45, 2.75) is 24.4 Å². The van der Waals surface area contributed by atoms with Crippen LogP contribution in [-0.2, 0) is 14.3 Å². The van der Waals surface area contributed by atoms with Gasteiger partial charge in [-0.3, -0.25) is 0 Å². The molecule has 1 aliphatic heterocycles. The number of hydrogen-bond acceptors (Lipinski definition) is 6. The summed E-state index contributed by atoms with van der Waals surface area (Å²) in [4.78, 5) is 20.4. The highest BCUT2D eigenvalue weighted by Gasteiger charge is 2.50. The highest BCUT2D eigenvalue weighted by atomic mass is 16.7. The van der Waals surface area contributed by atoms with Crippen molar-refractivity contribution >= 4 is 11.9 Å². The second-order valence-corrected chi connectivity index (χ2v) is 2.62. The maximum absolute atomic E-state index is 10.3. The Morgan fingerprint density at radius 2 is 1.85 bits per heavy atom. The molecular formula is C6H8O7. The van der Waals surface area contributed by atoms with Gasteiger partial charge in [0.25, 0.3) is 0 Å². The van der Waals surface area contributed by atoms with Gasteiger partial charge in [-0.1, -0.05) is 0 Å². The molecule has 0 bridgehead atoms. The zero-order valence-corrected chi connectivity index (χ0v) is 6.32. The van der Waals surface area contributed by atoms with E-state index in [0.717, 1.165) is 0 Å². The number of carboxylic acid groups (broad SMARTS) is 1. The number of rotatable bonds is 4. The molecule has 1 aliphatic rings.